The fourth-order valence-corrected chi connectivity index (χ4v) is 3.67. The lowest BCUT2D eigenvalue weighted by atomic mass is 10.1. The molecule has 130 valence electrons. The molecule has 1 aliphatic rings. The van der Waals surface area contributed by atoms with Crippen molar-refractivity contribution >= 4 is 33.8 Å². The molecule has 1 aromatic carbocycles. The Morgan fingerprint density at radius 3 is 2.77 bits per heavy atom. The molecule has 3 aromatic rings. The molecule has 1 fully saturated rings. The van der Waals surface area contributed by atoms with E-state index in [-0.39, 0.29) is 11.1 Å². The maximum atomic E-state index is 12.2. The van der Waals surface area contributed by atoms with E-state index in [2.05, 4.69) is 9.97 Å². The second-order valence-corrected chi connectivity index (χ2v) is 6.95. The summed E-state index contributed by atoms with van der Waals surface area (Å²) in [5, 5.41) is 0.130. The first-order chi connectivity index (χ1) is 12.6. The first-order valence-electron chi connectivity index (χ1n) is 8.02. The van der Waals surface area contributed by atoms with E-state index in [1.807, 2.05) is 42.5 Å². The second-order valence-electron chi connectivity index (χ2n) is 5.89. The maximum absolute atomic E-state index is 12.2. The van der Waals surface area contributed by atoms with Gasteiger partial charge in [-0.05, 0) is 47.7 Å². The smallest absolute Gasteiger partial charge is 0.289 e. The van der Waals surface area contributed by atoms with Crippen molar-refractivity contribution in [3.63, 3.8) is 0 Å². The average molecular weight is 365 g/mol. The predicted octanol–water partition coefficient (Wildman–Crippen LogP) is 3.58. The number of amides is 2. The molecule has 0 bridgehead atoms. The molecule has 1 aliphatic heterocycles. The number of nitrogens with zero attached hydrogens (tertiary/aromatic N) is 3. The van der Waals surface area contributed by atoms with Crippen molar-refractivity contribution in [2.45, 2.75) is 11.9 Å². The molecular weight excluding hydrogens is 350 g/mol. The lowest BCUT2D eigenvalue weighted by molar-refractivity contribution is -0.125. The number of hydrogen-bond donors (Lipinski definition) is 0. The van der Waals surface area contributed by atoms with E-state index < -0.39 is 5.25 Å². The Kier molecular flexibility index (Phi) is 4.30. The number of carbonyl (C=O) groups is 2. The standard InChI is InChI=1S/C19H15N3O3S/c1-22-18(23)17(26-19(22)24)13-8-12-5-6-15(9-16(12)21-10-13)25-11-14-4-2-3-7-20-14/h2-10,17H,11H2,1H3. The van der Waals surface area contributed by atoms with Gasteiger partial charge in [0.1, 0.15) is 17.6 Å². The van der Waals surface area contributed by atoms with E-state index in [9.17, 15) is 9.59 Å². The zero-order chi connectivity index (χ0) is 18.1. The van der Waals surface area contributed by atoms with Crippen LogP contribution in [-0.2, 0) is 11.4 Å². The van der Waals surface area contributed by atoms with Crippen LogP contribution in [0.3, 0.4) is 0 Å². The van der Waals surface area contributed by atoms with Gasteiger partial charge < -0.3 is 4.74 Å². The number of carbonyl (C=O) groups excluding carboxylic acids is 2. The molecule has 0 aliphatic carbocycles. The van der Waals surface area contributed by atoms with Crippen molar-refractivity contribution in [2.75, 3.05) is 7.05 Å². The van der Waals surface area contributed by atoms with Crippen molar-refractivity contribution in [3.05, 3.63) is 66.1 Å². The molecule has 0 spiro atoms. The molecule has 26 heavy (non-hydrogen) atoms. The number of aromatic nitrogens is 2. The van der Waals surface area contributed by atoms with E-state index in [1.165, 1.54) is 7.05 Å². The topological polar surface area (TPSA) is 72.4 Å². The van der Waals surface area contributed by atoms with Crippen molar-refractivity contribution in [2.24, 2.45) is 0 Å². The molecule has 2 aromatic heterocycles. The molecule has 0 radical (unpaired) electrons. The third kappa shape index (κ3) is 3.13. The second kappa shape index (κ2) is 6.76. The number of pyridine rings is 2. The van der Waals surface area contributed by atoms with Gasteiger partial charge in [0.05, 0.1) is 11.2 Å². The SMILES string of the molecule is CN1C(=O)SC(c2cnc3cc(OCc4ccccn4)ccc3c2)C1=O. The van der Waals surface area contributed by atoms with Crippen LogP contribution in [0.4, 0.5) is 4.79 Å². The Labute approximate surface area is 154 Å². The van der Waals surface area contributed by atoms with Gasteiger partial charge in [0, 0.05) is 30.9 Å². The summed E-state index contributed by atoms with van der Waals surface area (Å²) < 4.78 is 5.76. The summed E-state index contributed by atoms with van der Waals surface area (Å²) in [5.74, 6) is 0.487. The molecule has 3 heterocycles. The minimum atomic E-state index is -0.524. The number of likely N-dealkylation sites (N-methyl/N-ethyl adjacent to an activating group) is 1. The van der Waals surface area contributed by atoms with Gasteiger partial charge in [-0.2, -0.15) is 0 Å². The number of benzene rings is 1. The summed E-state index contributed by atoms with van der Waals surface area (Å²) in [6, 6.07) is 13.2. The molecule has 1 saturated heterocycles. The van der Waals surface area contributed by atoms with Crippen molar-refractivity contribution in [1.82, 2.24) is 14.9 Å². The first kappa shape index (κ1) is 16.5. The van der Waals surface area contributed by atoms with Gasteiger partial charge in [-0.15, -0.1) is 0 Å². The third-order valence-corrected chi connectivity index (χ3v) is 5.32. The first-order valence-corrected chi connectivity index (χ1v) is 8.90. The van der Waals surface area contributed by atoms with Crippen molar-refractivity contribution in [1.29, 1.82) is 0 Å². The van der Waals surface area contributed by atoms with Crippen LogP contribution in [-0.4, -0.2) is 33.1 Å². The minimum absolute atomic E-state index is 0.212. The maximum Gasteiger partial charge on any atom is 0.289 e. The van der Waals surface area contributed by atoms with Crippen LogP contribution in [0, 0.1) is 0 Å². The fraction of sp³-hybridized carbons (Fsp3) is 0.158. The highest BCUT2D eigenvalue weighted by atomic mass is 32.2. The largest absolute Gasteiger partial charge is 0.487 e. The van der Waals surface area contributed by atoms with Gasteiger partial charge in [0.25, 0.3) is 5.24 Å². The van der Waals surface area contributed by atoms with Crippen LogP contribution in [0.15, 0.2) is 54.9 Å². The number of rotatable bonds is 4. The Morgan fingerprint density at radius 1 is 1.15 bits per heavy atom. The molecule has 7 heteroatoms. The van der Waals surface area contributed by atoms with E-state index in [0.717, 1.165) is 38.8 Å². The Morgan fingerprint density at radius 2 is 2.04 bits per heavy atom. The van der Waals surface area contributed by atoms with Crippen LogP contribution in [0.25, 0.3) is 10.9 Å². The summed E-state index contributed by atoms with van der Waals surface area (Å²) in [6.45, 7) is 0.381. The molecule has 1 atom stereocenters. The molecule has 0 saturated carbocycles. The van der Waals surface area contributed by atoms with Gasteiger partial charge >= 0.3 is 0 Å². The van der Waals surface area contributed by atoms with Gasteiger partial charge in [-0.25, -0.2) is 0 Å². The minimum Gasteiger partial charge on any atom is -0.487 e. The summed E-state index contributed by atoms with van der Waals surface area (Å²) in [6.07, 6.45) is 3.37. The highest BCUT2D eigenvalue weighted by molar-refractivity contribution is 8.14. The van der Waals surface area contributed by atoms with Crippen LogP contribution in [0.2, 0.25) is 0 Å². The number of imide groups is 1. The highest BCUT2D eigenvalue weighted by Gasteiger charge is 2.38. The van der Waals surface area contributed by atoms with Gasteiger partial charge in [-0.1, -0.05) is 6.07 Å². The van der Waals surface area contributed by atoms with E-state index in [0.29, 0.717) is 12.4 Å². The number of hydrogen-bond acceptors (Lipinski definition) is 6. The summed E-state index contributed by atoms with van der Waals surface area (Å²) in [7, 11) is 1.50. The van der Waals surface area contributed by atoms with Crippen molar-refractivity contribution in [3.8, 4) is 5.75 Å². The summed E-state index contributed by atoms with van der Waals surface area (Å²) >= 11 is 1.02. The van der Waals surface area contributed by atoms with E-state index >= 15 is 0 Å². The number of thioether (sulfide) groups is 1. The highest BCUT2D eigenvalue weighted by Crippen LogP contribution is 2.39. The van der Waals surface area contributed by atoms with E-state index in [1.54, 1.807) is 12.4 Å². The Balaban J connectivity index is 1.55. The molecule has 0 N–H and O–H groups in total. The summed E-state index contributed by atoms with van der Waals surface area (Å²) in [5.41, 5.74) is 2.34. The molecule has 1 unspecified atom stereocenters. The Bertz CT molecular complexity index is 994. The fourth-order valence-electron chi connectivity index (χ4n) is 2.70. The molecular formula is C19H15N3O3S. The molecule has 2 amide bonds. The van der Waals surface area contributed by atoms with Crippen LogP contribution in [0.1, 0.15) is 16.5 Å². The number of ether oxygens (including phenoxy) is 1. The van der Waals surface area contributed by atoms with Crippen LogP contribution < -0.4 is 4.74 Å². The normalized spacial score (nSPS) is 17.1. The summed E-state index contributed by atoms with van der Waals surface area (Å²) in [4.78, 5) is 33.7. The monoisotopic (exact) mass is 365 g/mol. The van der Waals surface area contributed by atoms with E-state index in [4.69, 9.17) is 4.74 Å². The quantitative estimate of drug-likeness (QED) is 0.704. The zero-order valence-electron chi connectivity index (χ0n) is 14.0. The van der Waals surface area contributed by atoms with Crippen LogP contribution in [0.5, 0.6) is 5.75 Å². The zero-order valence-corrected chi connectivity index (χ0v) is 14.8. The lowest BCUT2D eigenvalue weighted by Gasteiger charge is -2.10. The average Bonchev–Trinajstić information content (AvgIpc) is 2.94. The Hall–Kier alpha value is -2.93. The predicted molar refractivity (Wildman–Crippen MR) is 98.8 cm³/mol. The van der Waals surface area contributed by atoms with Gasteiger partial charge in [0.15, 0.2) is 0 Å². The third-order valence-electron chi connectivity index (χ3n) is 4.14. The molecule has 4 rings (SSSR count). The molecule has 6 nitrogen and oxygen atoms in total. The lowest BCUT2D eigenvalue weighted by Crippen LogP contribution is -2.24. The number of fused-ring (bicyclic) bond motifs is 1. The van der Waals surface area contributed by atoms with Gasteiger partial charge in [-0.3, -0.25) is 24.5 Å². The van der Waals surface area contributed by atoms with Gasteiger partial charge in [0.2, 0.25) is 5.91 Å². The van der Waals surface area contributed by atoms with Crippen molar-refractivity contribution < 1.29 is 14.3 Å². The van der Waals surface area contributed by atoms with Crippen LogP contribution >= 0.6 is 11.8 Å².